The van der Waals surface area contributed by atoms with Crippen molar-refractivity contribution in [2.45, 2.75) is 37.1 Å². The highest BCUT2D eigenvalue weighted by molar-refractivity contribution is 7.92. The Balaban J connectivity index is 1.38. The van der Waals surface area contributed by atoms with E-state index in [1.54, 1.807) is 6.07 Å². The first-order chi connectivity index (χ1) is 16.9. The van der Waals surface area contributed by atoms with Gasteiger partial charge in [0.05, 0.1) is 10.9 Å². The molecule has 0 radical (unpaired) electrons. The molecule has 0 bridgehead atoms. The van der Waals surface area contributed by atoms with Crippen LogP contribution in [0.15, 0.2) is 95.9 Å². The lowest BCUT2D eigenvalue weighted by Gasteiger charge is -2.38. The van der Waals surface area contributed by atoms with Crippen molar-refractivity contribution in [3.05, 3.63) is 113 Å². The molecule has 1 aliphatic heterocycles. The van der Waals surface area contributed by atoms with Crippen molar-refractivity contribution in [3.8, 4) is 0 Å². The van der Waals surface area contributed by atoms with Crippen molar-refractivity contribution in [1.29, 1.82) is 0 Å². The maximum absolute atomic E-state index is 13.3. The summed E-state index contributed by atoms with van der Waals surface area (Å²) in [7, 11) is -3.71. The summed E-state index contributed by atoms with van der Waals surface area (Å²) in [6.45, 7) is 3.93. The van der Waals surface area contributed by atoms with Crippen LogP contribution in [0.4, 0.5) is 11.4 Å². The van der Waals surface area contributed by atoms with Gasteiger partial charge in [-0.2, -0.15) is 0 Å². The van der Waals surface area contributed by atoms with Crippen LogP contribution >= 0.6 is 0 Å². The number of nitrogens with one attached hydrogen (secondary N) is 2. The average molecular weight is 481 g/mol. The SMILES string of the molecule is Cc1cc(C)cc(NS(=O)(=O)c2ccc3c(c2)C2C=CCC2C(c2cccc4ccccc24)N3)c1. The monoisotopic (exact) mass is 480 g/mol. The first kappa shape index (κ1) is 21.9. The average Bonchev–Trinajstić information content (AvgIpc) is 3.32. The van der Waals surface area contributed by atoms with Gasteiger partial charge in [0.2, 0.25) is 0 Å². The molecule has 0 fully saturated rings. The van der Waals surface area contributed by atoms with E-state index in [9.17, 15) is 8.42 Å². The maximum atomic E-state index is 13.3. The van der Waals surface area contributed by atoms with Gasteiger partial charge < -0.3 is 5.32 Å². The van der Waals surface area contributed by atoms with E-state index < -0.39 is 10.0 Å². The Morgan fingerprint density at radius 2 is 1.63 bits per heavy atom. The Hall–Kier alpha value is -3.57. The van der Waals surface area contributed by atoms with E-state index in [0.717, 1.165) is 28.8 Å². The molecule has 4 nitrogen and oxygen atoms in total. The van der Waals surface area contributed by atoms with Gasteiger partial charge in [-0.25, -0.2) is 8.42 Å². The van der Waals surface area contributed by atoms with Crippen molar-refractivity contribution in [3.63, 3.8) is 0 Å². The molecule has 6 rings (SSSR count). The summed E-state index contributed by atoms with van der Waals surface area (Å²) < 4.78 is 29.3. The van der Waals surface area contributed by atoms with Gasteiger partial charge in [0.25, 0.3) is 10.0 Å². The molecule has 4 aromatic rings. The van der Waals surface area contributed by atoms with Crippen LogP contribution in [-0.4, -0.2) is 8.42 Å². The van der Waals surface area contributed by atoms with Crippen LogP contribution in [0.1, 0.15) is 40.6 Å². The fourth-order valence-corrected chi connectivity index (χ4v) is 6.89. The van der Waals surface area contributed by atoms with Crippen LogP contribution in [0.3, 0.4) is 0 Å². The van der Waals surface area contributed by atoms with Gasteiger partial charge in [-0.05, 0) is 89.5 Å². The topological polar surface area (TPSA) is 58.2 Å². The Bertz CT molecular complexity index is 1560. The quantitative estimate of drug-likeness (QED) is 0.307. The zero-order valence-corrected chi connectivity index (χ0v) is 20.6. The number of aryl methyl sites for hydroxylation is 2. The van der Waals surface area contributed by atoms with E-state index in [1.165, 1.54) is 16.3 Å². The molecule has 2 N–H and O–H groups in total. The van der Waals surface area contributed by atoms with Gasteiger partial charge in [-0.15, -0.1) is 0 Å². The Morgan fingerprint density at radius 1 is 0.857 bits per heavy atom. The molecule has 176 valence electrons. The summed E-state index contributed by atoms with van der Waals surface area (Å²) in [4.78, 5) is 0.292. The number of benzene rings is 4. The molecule has 0 saturated heterocycles. The maximum Gasteiger partial charge on any atom is 0.261 e. The van der Waals surface area contributed by atoms with Gasteiger partial charge in [-0.1, -0.05) is 60.7 Å². The third-order valence-corrected chi connectivity index (χ3v) is 8.66. The first-order valence-electron chi connectivity index (χ1n) is 12.0. The van der Waals surface area contributed by atoms with E-state index in [2.05, 4.69) is 64.7 Å². The molecule has 0 spiro atoms. The molecule has 3 atom stereocenters. The highest BCUT2D eigenvalue weighted by atomic mass is 32.2. The molecule has 0 aromatic heterocycles. The molecular weight excluding hydrogens is 452 g/mol. The lowest BCUT2D eigenvalue weighted by molar-refractivity contribution is 0.427. The summed E-state index contributed by atoms with van der Waals surface area (Å²) in [5, 5.41) is 6.26. The van der Waals surface area contributed by atoms with Crippen LogP contribution in [0.2, 0.25) is 0 Å². The minimum Gasteiger partial charge on any atom is -0.378 e. The molecule has 35 heavy (non-hydrogen) atoms. The minimum atomic E-state index is -3.71. The van der Waals surface area contributed by atoms with E-state index in [1.807, 2.05) is 44.2 Å². The second-order valence-electron chi connectivity index (χ2n) is 9.77. The minimum absolute atomic E-state index is 0.157. The predicted octanol–water partition coefficient (Wildman–Crippen LogP) is 7.08. The van der Waals surface area contributed by atoms with Gasteiger partial charge in [0.1, 0.15) is 0 Å². The fourth-order valence-electron chi connectivity index (χ4n) is 5.82. The number of rotatable bonds is 4. The van der Waals surface area contributed by atoms with Crippen LogP contribution < -0.4 is 10.0 Å². The molecule has 0 amide bonds. The Labute approximate surface area is 206 Å². The van der Waals surface area contributed by atoms with Crippen molar-refractivity contribution < 1.29 is 8.42 Å². The molecule has 1 heterocycles. The molecule has 4 aromatic carbocycles. The Kier molecular flexibility index (Phi) is 5.19. The van der Waals surface area contributed by atoms with E-state index in [-0.39, 0.29) is 12.0 Å². The highest BCUT2D eigenvalue weighted by Gasteiger charge is 2.39. The number of hydrogen-bond donors (Lipinski definition) is 2. The van der Waals surface area contributed by atoms with Crippen molar-refractivity contribution in [1.82, 2.24) is 0 Å². The predicted molar refractivity (Wildman–Crippen MR) is 143 cm³/mol. The second-order valence-corrected chi connectivity index (χ2v) is 11.5. The van der Waals surface area contributed by atoms with E-state index in [0.29, 0.717) is 16.5 Å². The fraction of sp³-hybridized carbons (Fsp3) is 0.200. The van der Waals surface area contributed by atoms with Gasteiger partial charge in [0, 0.05) is 17.3 Å². The Morgan fingerprint density at radius 3 is 2.46 bits per heavy atom. The van der Waals surface area contributed by atoms with Crippen molar-refractivity contribution >= 4 is 32.2 Å². The number of hydrogen-bond acceptors (Lipinski definition) is 3. The lowest BCUT2D eigenvalue weighted by Crippen LogP contribution is -2.29. The molecular formula is C30H28N2O2S. The lowest BCUT2D eigenvalue weighted by atomic mass is 9.76. The molecule has 0 saturated carbocycles. The molecule has 1 aliphatic carbocycles. The van der Waals surface area contributed by atoms with Crippen LogP contribution in [-0.2, 0) is 10.0 Å². The smallest absolute Gasteiger partial charge is 0.261 e. The zero-order chi connectivity index (χ0) is 24.2. The summed E-state index contributed by atoms with van der Waals surface area (Å²) in [6, 6.07) is 26.4. The first-order valence-corrected chi connectivity index (χ1v) is 13.5. The third kappa shape index (κ3) is 3.90. The highest BCUT2D eigenvalue weighted by Crippen LogP contribution is 2.51. The molecule has 5 heteroatoms. The van der Waals surface area contributed by atoms with E-state index >= 15 is 0 Å². The van der Waals surface area contributed by atoms with Gasteiger partial charge >= 0.3 is 0 Å². The number of sulfonamides is 1. The number of allylic oxidation sites excluding steroid dienone is 2. The second kappa shape index (κ2) is 8.28. The van der Waals surface area contributed by atoms with Gasteiger partial charge in [0.15, 0.2) is 0 Å². The number of fused-ring (bicyclic) bond motifs is 4. The zero-order valence-electron chi connectivity index (χ0n) is 19.8. The largest absolute Gasteiger partial charge is 0.378 e. The van der Waals surface area contributed by atoms with Crippen molar-refractivity contribution in [2.24, 2.45) is 5.92 Å². The van der Waals surface area contributed by atoms with Crippen LogP contribution in [0.5, 0.6) is 0 Å². The van der Waals surface area contributed by atoms with E-state index in [4.69, 9.17) is 0 Å². The summed E-state index contributed by atoms with van der Waals surface area (Å²) >= 11 is 0. The third-order valence-electron chi connectivity index (χ3n) is 7.28. The van der Waals surface area contributed by atoms with Crippen molar-refractivity contribution in [2.75, 3.05) is 10.0 Å². The summed E-state index contributed by atoms with van der Waals surface area (Å²) in [5.41, 5.74) is 5.98. The van der Waals surface area contributed by atoms with Crippen LogP contribution in [0.25, 0.3) is 10.8 Å². The summed E-state index contributed by atoms with van der Waals surface area (Å²) in [5.74, 6) is 0.505. The van der Waals surface area contributed by atoms with Crippen LogP contribution in [0, 0.1) is 19.8 Å². The number of anilines is 2. The van der Waals surface area contributed by atoms with Gasteiger partial charge in [-0.3, -0.25) is 4.72 Å². The molecule has 3 unspecified atom stereocenters. The molecule has 2 aliphatic rings. The normalized spacial score (nSPS) is 20.8. The summed E-state index contributed by atoms with van der Waals surface area (Å²) in [6.07, 6.45) is 5.44. The standard InChI is InChI=1S/C30H28N2O2S/c1-19-15-20(2)17-22(16-19)32-35(33,34)23-13-14-29-28(18-23)25-10-6-12-27(25)30(31-29)26-11-5-8-21-7-3-4-9-24(21)26/h3-11,13-18,25,27,30-32H,12H2,1-2H3.